The van der Waals surface area contributed by atoms with Crippen LogP contribution in [0.25, 0.3) is 0 Å². The second kappa shape index (κ2) is 6.67. The third-order valence-corrected chi connectivity index (χ3v) is 4.27. The second-order valence-corrected chi connectivity index (χ2v) is 5.82. The third-order valence-electron chi connectivity index (χ3n) is 3.10. The number of rotatable bonds is 6. The highest BCUT2D eigenvalue weighted by Crippen LogP contribution is 2.30. The van der Waals surface area contributed by atoms with E-state index in [-0.39, 0.29) is 11.0 Å². The topological polar surface area (TPSA) is 53.3 Å². The Morgan fingerprint density at radius 2 is 2.00 bits per heavy atom. The van der Waals surface area contributed by atoms with Crippen LogP contribution in [-0.2, 0) is 7.05 Å². The van der Waals surface area contributed by atoms with Crippen molar-refractivity contribution in [2.45, 2.75) is 17.3 Å². The zero-order valence-electron chi connectivity index (χ0n) is 12.5. The van der Waals surface area contributed by atoms with Gasteiger partial charge in [-0.05, 0) is 25.1 Å². The highest BCUT2D eigenvalue weighted by Gasteiger charge is 2.19. The molecule has 0 saturated carbocycles. The molecule has 0 fully saturated rings. The number of Topliss-reactive ketones (excluding diaryl/α,β-unsaturated/α-hetero) is 1. The molecule has 1 atom stereocenters. The summed E-state index contributed by atoms with van der Waals surface area (Å²) < 4.78 is 12.3. The van der Waals surface area contributed by atoms with Crippen molar-refractivity contribution in [3.8, 4) is 11.5 Å². The van der Waals surface area contributed by atoms with E-state index in [4.69, 9.17) is 9.47 Å². The van der Waals surface area contributed by atoms with Gasteiger partial charge in [-0.15, -0.1) is 0 Å². The molecule has 112 valence electrons. The predicted octanol–water partition coefficient (Wildman–Crippen LogP) is 2.80. The number of ether oxygens (including phenoxy) is 2. The van der Waals surface area contributed by atoms with E-state index in [0.717, 1.165) is 5.16 Å². The Bertz CT molecular complexity index is 640. The first-order valence-corrected chi connectivity index (χ1v) is 7.35. The summed E-state index contributed by atoms with van der Waals surface area (Å²) >= 11 is 1.43. The summed E-state index contributed by atoms with van der Waals surface area (Å²) in [6.45, 7) is 1.87. The largest absolute Gasteiger partial charge is 0.493 e. The van der Waals surface area contributed by atoms with Crippen LogP contribution >= 0.6 is 11.8 Å². The van der Waals surface area contributed by atoms with Crippen molar-refractivity contribution in [1.82, 2.24) is 9.55 Å². The molecule has 0 amide bonds. The van der Waals surface area contributed by atoms with E-state index < -0.39 is 0 Å². The van der Waals surface area contributed by atoms with Crippen LogP contribution in [0.5, 0.6) is 11.5 Å². The van der Waals surface area contributed by atoms with Gasteiger partial charge in [0.25, 0.3) is 0 Å². The molecule has 21 heavy (non-hydrogen) atoms. The molecule has 0 saturated heterocycles. The average Bonchev–Trinajstić information content (AvgIpc) is 2.90. The highest BCUT2D eigenvalue weighted by atomic mass is 32.2. The molecule has 6 heteroatoms. The molecule has 1 heterocycles. The number of ketones is 1. The first-order chi connectivity index (χ1) is 10.1. The Balaban J connectivity index is 2.17. The van der Waals surface area contributed by atoms with Gasteiger partial charge in [0.15, 0.2) is 22.4 Å². The van der Waals surface area contributed by atoms with Crippen molar-refractivity contribution in [1.29, 1.82) is 0 Å². The Morgan fingerprint density at radius 1 is 1.29 bits per heavy atom. The predicted molar refractivity (Wildman–Crippen MR) is 82.4 cm³/mol. The number of benzene rings is 1. The molecule has 0 radical (unpaired) electrons. The molecule has 0 aliphatic rings. The van der Waals surface area contributed by atoms with Crippen molar-refractivity contribution < 1.29 is 14.3 Å². The first-order valence-electron chi connectivity index (χ1n) is 6.47. The molecule has 0 bridgehead atoms. The minimum absolute atomic E-state index is 0.0314. The minimum Gasteiger partial charge on any atom is -0.493 e. The smallest absolute Gasteiger partial charge is 0.176 e. The zero-order chi connectivity index (χ0) is 15.4. The van der Waals surface area contributed by atoms with Crippen LogP contribution in [0.1, 0.15) is 17.3 Å². The van der Waals surface area contributed by atoms with Gasteiger partial charge in [-0.2, -0.15) is 0 Å². The lowest BCUT2D eigenvalue weighted by molar-refractivity contribution is 0.0993. The summed E-state index contributed by atoms with van der Waals surface area (Å²) in [5.41, 5.74) is 0.599. The van der Waals surface area contributed by atoms with Crippen LogP contribution in [-0.4, -0.2) is 34.8 Å². The van der Waals surface area contributed by atoms with E-state index in [2.05, 4.69) is 4.98 Å². The molecule has 0 spiro atoms. The number of hydrogen-bond acceptors (Lipinski definition) is 5. The fraction of sp³-hybridized carbons (Fsp3) is 0.333. The maximum absolute atomic E-state index is 12.5. The van der Waals surface area contributed by atoms with E-state index in [9.17, 15) is 4.79 Å². The summed E-state index contributed by atoms with van der Waals surface area (Å²) in [7, 11) is 5.03. The number of thioether (sulfide) groups is 1. The molecule has 0 aliphatic carbocycles. The van der Waals surface area contributed by atoms with Crippen molar-refractivity contribution in [2.24, 2.45) is 7.05 Å². The van der Waals surface area contributed by atoms with Crippen LogP contribution in [0.4, 0.5) is 0 Å². The van der Waals surface area contributed by atoms with Crippen LogP contribution in [0.3, 0.4) is 0 Å². The summed E-state index contributed by atoms with van der Waals surface area (Å²) in [4.78, 5) is 16.7. The molecule has 2 aromatic rings. The summed E-state index contributed by atoms with van der Waals surface area (Å²) in [6, 6.07) is 5.19. The summed E-state index contributed by atoms with van der Waals surface area (Å²) in [5, 5.41) is 0.584. The van der Waals surface area contributed by atoms with Gasteiger partial charge in [-0.25, -0.2) is 4.98 Å². The SMILES string of the molecule is COc1ccc(C(=O)[C@H](C)Sc2nccn2C)cc1OC. The number of methoxy groups -OCH3 is 2. The van der Waals surface area contributed by atoms with Gasteiger partial charge < -0.3 is 14.0 Å². The molecule has 0 N–H and O–H groups in total. The number of nitrogens with zero attached hydrogens (tertiary/aromatic N) is 2. The monoisotopic (exact) mass is 306 g/mol. The Hall–Kier alpha value is -1.95. The van der Waals surface area contributed by atoms with Crippen molar-refractivity contribution in [3.05, 3.63) is 36.2 Å². The number of imidazole rings is 1. The number of hydrogen-bond donors (Lipinski definition) is 0. The molecular formula is C15H18N2O3S. The van der Waals surface area contributed by atoms with Gasteiger partial charge in [-0.1, -0.05) is 11.8 Å². The zero-order valence-corrected chi connectivity index (χ0v) is 13.3. The van der Waals surface area contributed by atoms with Gasteiger partial charge in [0, 0.05) is 25.0 Å². The van der Waals surface area contributed by atoms with Gasteiger partial charge in [-0.3, -0.25) is 4.79 Å². The second-order valence-electron chi connectivity index (χ2n) is 4.51. The number of carbonyl (C=O) groups is 1. The van der Waals surface area contributed by atoms with Gasteiger partial charge in [0.05, 0.1) is 19.5 Å². The quantitative estimate of drug-likeness (QED) is 0.607. The van der Waals surface area contributed by atoms with Gasteiger partial charge in [0.1, 0.15) is 0 Å². The molecule has 0 unspecified atom stereocenters. The van der Waals surface area contributed by atoms with Crippen LogP contribution in [0.2, 0.25) is 0 Å². The number of aryl methyl sites for hydroxylation is 1. The number of carbonyl (C=O) groups excluding carboxylic acids is 1. The van der Waals surface area contributed by atoms with Crippen molar-refractivity contribution in [3.63, 3.8) is 0 Å². The lowest BCUT2D eigenvalue weighted by Crippen LogP contribution is -2.14. The fourth-order valence-corrected chi connectivity index (χ4v) is 2.81. The summed E-state index contributed by atoms with van der Waals surface area (Å²) in [6.07, 6.45) is 3.58. The van der Waals surface area contributed by atoms with Gasteiger partial charge in [0.2, 0.25) is 0 Å². The minimum atomic E-state index is -0.232. The third kappa shape index (κ3) is 3.39. The van der Waals surface area contributed by atoms with Gasteiger partial charge >= 0.3 is 0 Å². The van der Waals surface area contributed by atoms with E-state index in [0.29, 0.717) is 17.1 Å². The lowest BCUT2D eigenvalue weighted by Gasteiger charge is -2.12. The standard InChI is InChI=1S/C15H18N2O3S/c1-10(21-15-16-7-8-17(15)2)14(18)11-5-6-12(19-3)13(9-11)20-4/h5-10H,1-4H3/t10-/m0/s1. The Morgan fingerprint density at radius 3 is 2.57 bits per heavy atom. The van der Waals surface area contributed by atoms with E-state index in [1.807, 2.05) is 24.7 Å². The molecule has 1 aromatic carbocycles. The lowest BCUT2D eigenvalue weighted by atomic mass is 10.1. The molecule has 5 nitrogen and oxygen atoms in total. The van der Waals surface area contributed by atoms with Crippen LogP contribution in [0.15, 0.2) is 35.7 Å². The van der Waals surface area contributed by atoms with Crippen LogP contribution in [0, 0.1) is 0 Å². The normalized spacial score (nSPS) is 12.0. The van der Waals surface area contributed by atoms with Crippen molar-refractivity contribution >= 4 is 17.5 Å². The average molecular weight is 306 g/mol. The molecule has 0 aliphatic heterocycles. The highest BCUT2D eigenvalue weighted by molar-refractivity contribution is 8.00. The van der Waals surface area contributed by atoms with E-state index in [1.165, 1.54) is 11.8 Å². The van der Waals surface area contributed by atoms with Crippen LogP contribution < -0.4 is 9.47 Å². The maximum atomic E-state index is 12.5. The fourth-order valence-electron chi connectivity index (χ4n) is 1.90. The Labute approximate surface area is 128 Å². The molecule has 2 rings (SSSR count). The van der Waals surface area contributed by atoms with E-state index >= 15 is 0 Å². The maximum Gasteiger partial charge on any atom is 0.176 e. The Kier molecular flexibility index (Phi) is 4.90. The molecule has 1 aromatic heterocycles. The molecular weight excluding hydrogens is 288 g/mol. The summed E-state index contributed by atoms with van der Waals surface area (Å²) in [5.74, 6) is 1.19. The van der Waals surface area contributed by atoms with E-state index in [1.54, 1.807) is 38.6 Å². The first kappa shape index (κ1) is 15.4. The number of aromatic nitrogens is 2. The van der Waals surface area contributed by atoms with Crippen molar-refractivity contribution in [2.75, 3.05) is 14.2 Å².